The van der Waals surface area contributed by atoms with E-state index in [4.69, 9.17) is 4.98 Å². The highest BCUT2D eigenvalue weighted by molar-refractivity contribution is 7.12. The van der Waals surface area contributed by atoms with Gasteiger partial charge in [0.1, 0.15) is 0 Å². The van der Waals surface area contributed by atoms with E-state index in [1.165, 1.54) is 41.5 Å². The van der Waals surface area contributed by atoms with Crippen molar-refractivity contribution in [2.24, 2.45) is 0 Å². The van der Waals surface area contributed by atoms with E-state index in [0.29, 0.717) is 5.92 Å². The molecule has 0 radical (unpaired) electrons. The second kappa shape index (κ2) is 3.17. The van der Waals surface area contributed by atoms with Gasteiger partial charge in [0.15, 0.2) is 0 Å². The third-order valence-electron chi connectivity index (χ3n) is 2.97. The lowest BCUT2D eigenvalue weighted by Gasteiger charge is -2.34. The fourth-order valence-corrected chi connectivity index (χ4v) is 3.28. The van der Waals surface area contributed by atoms with Crippen LogP contribution in [0.1, 0.15) is 27.9 Å². The van der Waals surface area contributed by atoms with Crippen LogP contribution in [0, 0.1) is 0 Å². The lowest BCUT2D eigenvalue weighted by atomic mass is 10.0. The van der Waals surface area contributed by atoms with Gasteiger partial charge in [0.25, 0.3) is 0 Å². The van der Waals surface area contributed by atoms with Crippen molar-refractivity contribution in [3.63, 3.8) is 0 Å². The molecule has 1 saturated heterocycles. The lowest BCUT2D eigenvalue weighted by molar-refractivity contribution is 0.189. The molecule has 1 aromatic rings. The van der Waals surface area contributed by atoms with Crippen molar-refractivity contribution < 1.29 is 0 Å². The van der Waals surface area contributed by atoms with E-state index in [1.807, 2.05) is 11.3 Å². The van der Waals surface area contributed by atoms with Gasteiger partial charge in [-0.25, -0.2) is 4.98 Å². The molecule has 0 N–H and O–H groups in total. The first-order valence-electron chi connectivity index (χ1n) is 5.17. The Bertz CT molecular complexity index is 375. The van der Waals surface area contributed by atoms with Crippen molar-refractivity contribution in [1.29, 1.82) is 0 Å². The fourth-order valence-electron chi connectivity index (χ4n) is 2.13. The quantitative estimate of drug-likeness (QED) is 0.700. The summed E-state index contributed by atoms with van der Waals surface area (Å²) in [6, 6.07) is 0. The normalized spacial score (nSPS) is 22.1. The van der Waals surface area contributed by atoms with Crippen molar-refractivity contribution in [2.75, 3.05) is 20.1 Å². The molecule has 0 aromatic carbocycles. The number of fused-ring (bicyclic) bond motifs is 1. The lowest BCUT2D eigenvalue weighted by Crippen LogP contribution is -2.41. The van der Waals surface area contributed by atoms with Crippen LogP contribution in [0.2, 0.25) is 0 Å². The molecule has 0 saturated carbocycles. The van der Waals surface area contributed by atoms with E-state index in [-0.39, 0.29) is 0 Å². The minimum atomic E-state index is 0.712. The number of allylic oxidation sites excluding steroid dienone is 1. The molecule has 1 fully saturated rings. The third kappa shape index (κ3) is 1.31. The number of nitrogens with zero attached hydrogens (tertiary/aromatic N) is 2. The maximum absolute atomic E-state index is 4.71. The highest BCUT2D eigenvalue weighted by Gasteiger charge is 2.28. The monoisotopic (exact) mass is 206 g/mol. The maximum Gasteiger partial charge on any atom is 0.0991 e. The summed E-state index contributed by atoms with van der Waals surface area (Å²) in [4.78, 5) is 8.56. The summed E-state index contributed by atoms with van der Waals surface area (Å²) in [5, 5.41) is 1.36. The molecule has 1 aliphatic carbocycles. The van der Waals surface area contributed by atoms with Gasteiger partial charge >= 0.3 is 0 Å². The van der Waals surface area contributed by atoms with E-state index in [1.54, 1.807) is 0 Å². The SMILES string of the molecule is CN1CC(c2nc3c(s2)CCC=C3)C1. The first-order valence-corrected chi connectivity index (χ1v) is 5.99. The number of rotatable bonds is 1. The number of aromatic nitrogens is 1. The van der Waals surface area contributed by atoms with E-state index < -0.39 is 0 Å². The zero-order chi connectivity index (χ0) is 9.54. The van der Waals surface area contributed by atoms with E-state index in [0.717, 1.165) is 0 Å². The van der Waals surface area contributed by atoms with Crippen molar-refractivity contribution in [3.05, 3.63) is 21.7 Å². The minimum absolute atomic E-state index is 0.712. The first kappa shape index (κ1) is 8.62. The predicted molar refractivity (Wildman–Crippen MR) is 59.7 cm³/mol. The number of likely N-dealkylation sites (N-methyl/N-ethyl adjacent to an activating group) is 1. The molecule has 1 aromatic heterocycles. The largest absolute Gasteiger partial charge is 0.305 e. The van der Waals surface area contributed by atoms with E-state index in [2.05, 4.69) is 24.1 Å². The highest BCUT2D eigenvalue weighted by atomic mass is 32.1. The third-order valence-corrected chi connectivity index (χ3v) is 4.26. The summed E-state index contributed by atoms with van der Waals surface area (Å²) in [7, 11) is 2.17. The molecule has 0 unspecified atom stereocenters. The Labute approximate surface area is 88.3 Å². The van der Waals surface area contributed by atoms with Crippen LogP contribution in [0.4, 0.5) is 0 Å². The smallest absolute Gasteiger partial charge is 0.0991 e. The molecular weight excluding hydrogens is 192 g/mol. The fraction of sp³-hybridized carbons (Fsp3) is 0.545. The maximum atomic E-state index is 4.71. The van der Waals surface area contributed by atoms with Gasteiger partial charge in [-0.2, -0.15) is 0 Å². The number of aryl methyl sites for hydroxylation is 1. The Morgan fingerprint density at radius 3 is 3.07 bits per heavy atom. The summed E-state index contributed by atoms with van der Waals surface area (Å²) >= 11 is 1.93. The summed E-state index contributed by atoms with van der Waals surface area (Å²) in [5.41, 5.74) is 1.24. The minimum Gasteiger partial charge on any atom is -0.305 e. The molecule has 3 heteroatoms. The summed E-state index contributed by atoms with van der Waals surface area (Å²) < 4.78 is 0. The van der Waals surface area contributed by atoms with Crippen LogP contribution in [0.25, 0.3) is 6.08 Å². The molecule has 0 atom stereocenters. The standard InChI is InChI=1S/C11H14N2S/c1-13-6-8(7-13)11-12-9-4-2-3-5-10(9)14-11/h2,4,8H,3,5-7H2,1H3. The summed E-state index contributed by atoms with van der Waals surface area (Å²) in [5.74, 6) is 0.712. The Morgan fingerprint density at radius 2 is 2.36 bits per heavy atom. The summed E-state index contributed by atoms with van der Waals surface area (Å²) in [6.07, 6.45) is 6.81. The van der Waals surface area contributed by atoms with Gasteiger partial charge in [0.2, 0.25) is 0 Å². The molecule has 74 valence electrons. The molecule has 2 aliphatic rings. The van der Waals surface area contributed by atoms with Crippen molar-refractivity contribution in [3.8, 4) is 0 Å². The van der Waals surface area contributed by atoms with Gasteiger partial charge in [0, 0.05) is 23.9 Å². The Balaban J connectivity index is 1.86. The van der Waals surface area contributed by atoms with Crippen LogP contribution in [0.3, 0.4) is 0 Å². The summed E-state index contributed by atoms with van der Waals surface area (Å²) in [6.45, 7) is 2.38. The van der Waals surface area contributed by atoms with Crippen molar-refractivity contribution >= 4 is 17.4 Å². The van der Waals surface area contributed by atoms with Crippen LogP contribution >= 0.6 is 11.3 Å². The Kier molecular flexibility index (Phi) is 1.96. The van der Waals surface area contributed by atoms with Gasteiger partial charge < -0.3 is 4.90 Å². The average molecular weight is 206 g/mol. The Morgan fingerprint density at radius 1 is 1.50 bits per heavy atom. The molecule has 0 amide bonds. The molecular formula is C11H14N2S. The second-order valence-electron chi connectivity index (χ2n) is 4.22. The average Bonchev–Trinajstić information content (AvgIpc) is 2.55. The topological polar surface area (TPSA) is 16.1 Å². The predicted octanol–water partition coefficient (Wildman–Crippen LogP) is 2.13. The van der Waals surface area contributed by atoms with E-state index in [9.17, 15) is 0 Å². The molecule has 2 nitrogen and oxygen atoms in total. The van der Waals surface area contributed by atoms with E-state index >= 15 is 0 Å². The van der Waals surface area contributed by atoms with Gasteiger partial charge in [-0.15, -0.1) is 11.3 Å². The molecule has 2 heterocycles. The molecule has 14 heavy (non-hydrogen) atoms. The van der Waals surface area contributed by atoms with Crippen LogP contribution < -0.4 is 0 Å². The molecule has 3 rings (SSSR count). The highest BCUT2D eigenvalue weighted by Crippen LogP contribution is 2.33. The number of hydrogen-bond donors (Lipinski definition) is 0. The van der Waals surface area contributed by atoms with Gasteiger partial charge in [-0.3, -0.25) is 0 Å². The number of likely N-dealkylation sites (tertiary alicyclic amines) is 1. The van der Waals surface area contributed by atoms with Crippen LogP contribution in [-0.2, 0) is 6.42 Å². The first-order chi connectivity index (χ1) is 6.83. The van der Waals surface area contributed by atoms with Crippen LogP contribution in [0.5, 0.6) is 0 Å². The number of hydrogen-bond acceptors (Lipinski definition) is 3. The molecule has 0 bridgehead atoms. The molecule has 1 aliphatic heterocycles. The number of thiazole rings is 1. The second-order valence-corrected chi connectivity index (χ2v) is 5.33. The molecule has 0 spiro atoms. The zero-order valence-corrected chi connectivity index (χ0v) is 9.18. The van der Waals surface area contributed by atoms with Gasteiger partial charge in [-0.05, 0) is 26.0 Å². The zero-order valence-electron chi connectivity index (χ0n) is 8.36. The van der Waals surface area contributed by atoms with Gasteiger partial charge in [-0.1, -0.05) is 6.08 Å². The Hall–Kier alpha value is -0.670. The van der Waals surface area contributed by atoms with Crippen molar-refractivity contribution in [2.45, 2.75) is 18.8 Å². The van der Waals surface area contributed by atoms with Crippen molar-refractivity contribution in [1.82, 2.24) is 9.88 Å². The van der Waals surface area contributed by atoms with Gasteiger partial charge in [0.05, 0.1) is 10.7 Å². The van der Waals surface area contributed by atoms with Crippen LogP contribution in [0.15, 0.2) is 6.08 Å². The van der Waals surface area contributed by atoms with Crippen LogP contribution in [-0.4, -0.2) is 30.0 Å².